The molecule has 2 rings (SSSR count). The Morgan fingerprint density at radius 3 is 2.77 bits per heavy atom. The Morgan fingerprint density at radius 1 is 1.36 bits per heavy atom. The molecule has 0 aliphatic carbocycles. The number of amides is 2. The summed E-state index contributed by atoms with van der Waals surface area (Å²) in [5.41, 5.74) is 1.05. The van der Waals surface area contributed by atoms with Crippen molar-refractivity contribution >= 4 is 11.8 Å². The van der Waals surface area contributed by atoms with Crippen LogP contribution in [0, 0.1) is 12.8 Å². The summed E-state index contributed by atoms with van der Waals surface area (Å²) in [7, 11) is 3.62. The van der Waals surface area contributed by atoms with Crippen molar-refractivity contribution in [3.8, 4) is 0 Å². The van der Waals surface area contributed by atoms with E-state index < -0.39 is 0 Å². The van der Waals surface area contributed by atoms with E-state index >= 15 is 0 Å². The molecule has 2 amide bonds. The first-order valence-corrected chi connectivity index (χ1v) is 7.67. The molecule has 1 saturated heterocycles. The molecule has 0 unspecified atom stereocenters. The molecule has 0 spiro atoms. The molecule has 1 aromatic heterocycles. The van der Waals surface area contributed by atoms with Gasteiger partial charge in [-0.1, -0.05) is 0 Å². The second-order valence-electron chi connectivity index (χ2n) is 5.86. The maximum Gasteiger partial charge on any atom is 0.225 e. The summed E-state index contributed by atoms with van der Waals surface area (Å²) in [5, 5.41) is 6.88. The van der Waals surface area contributed by atoms with Crippen molar-refractivity contribution in [1.82, 2.24) is 24.9 Å². The third-order valence-corrected chi connectivity index (χ3v) is 4.16. The van der Waals surface area contributed by atoms with Crippen LogP contribution in [-0.2, 0) is 16.1 Å². The highest BCUT2D eigenvalue weighted by Gasteiger charge is 2.28. The normalized spacial score (nSPS) is 19.8. The highest BCUT2D eigenvalue weighted by molar-refractivity contribution is 5.81. The lowest BCUT2D eigenvalue weighted by Gasteiger charge is -2.23. The molecule has 22 heavy (non-hydrogen) atoms. The zero-order valence-corrected chi connectivity index (χ0v) is 13.6. The Kier molecular flexibility index (Phi) is 5.54. The molecule has 7 heteroatoms. The van der Waals surface area contributed by atoms with Crippen LogP contribution in [0.2, 0.25) is 0 Å². The molecule has 1 fully saturated rings. The Labute approximate surface area is 131 Å². The summed E-state index contributed by atoms with van der Waals surface area (Å²) in [6.45, 7) is 5.18. The van der Waals surface area contributed by atoms with Crippen LogP contribution < -0.4 is 5.32 Å². The van der Waals surface area contributed by atoms with Crippen molar-refractivity contribution in [3.63, 3.8) is 0 Å². The number of hydrogen-bond acceptors (Lipinski definition) is 4. The predicted molar refractivity (Wildman–Crippen MR) is 83.2 cm³/mol. The number of rotatable bonds is 4. The average Bonchev–Trinajstić information content (AvgIpc) is 2.80. The molecule has 1 aliphatic heterocycles. The minimum atomic E-state index is -0.173. The maximum atomic E-state index is 12.5. The molecule has 1 N–H and O–H groups in total. The van der Waals surface area contributed by atoms with Crippen molar-refractivity contribution in [2.75, 3.05) is 40.3 Å². The fourth-order valence-electron chi connectivity index (χ4n) is 2.76. The lowest BCUT2D eigenvalue weighted by molar-refractivity contribution is -0.133. The molecule has 7 nitrogen and oxygen atoms in total. The Balaban J connectivity index is 1.95. The van der Waals surface area contributed by atoms with Crippen LogP contribution in [0.15, 0.2) is 12.3 Å². The standard InChI is InChI=1S/C15H25N5O2/c1-12-4-6-17-20(12)7-5-14(21)19-9-8-18(3)10-13(11-19)15(22)16-2/h4,6,13H,5,7-11H2,1-3H3,(H,16,22)/t13-/m1/s1. The number of likely N-dealkylation sites (N-methyl/N-ethyl adjacent to an activating group) is 1. The Morgan fingerprint density at radius 2 is 2.14 bits per heavy atom. The fourth-order valence-corrected chi connectivity index (χ4v) is 2.76. The first-order chi connectivity index (χ1) is 10.5. The summed E-state index contributed by atoms with van der Waals surface area (Å²) in [5.74, 6) is -0.0959. The number of nitrogens with zero attached hydrogens (tertiary/aromatic N) is 4. The second-order valence-corrected chi connectivity index (χ2v) is 5.86. The fraction of sp³-hybridized carbons (Fsp3) is 0.667. The molecular weight excluding hydrogens is 282 g/mol. The molecule has 1 atom stereocenters. The monoisotopic (exact) mass is 307 g/mol. The highest BCUT2D eigenvalue weighted by Crippen LogP contribution is 2.11. The molecular formula is C15H25N5O2. The van der Waals surface area contributed by atoms with Gasteiger partial charge in [0.05, 0.1) is 5.92 Å². The number of carbonyl (C=O) groups excluding carboxylic acids is 2. The lowest BCUT2D eigenvalue weighted by Crippen LogP contribution is -2.41. The zero-order valence-electron chi connectivity index (χ0n) is 13.6. The Bertz CT molecular complexity index is 528. The smallest absolute Gasteiger partial charge is 0.225 e. The first kappa shape index (κ1) is 16.5. The third kappa shape index (κ3) is 4.07. The van der Waals surface area contributed by atoms with Gasteiger partial charge in [-0.25, -0.2) is 0 Å². The summed E-state index contributed by atoms with van der Waals surface area (Å²) in [4.78, 5) is 28.3. The van der Waals surface area contributed by atoms with Crippen LogP contribution in [0.5, 0.6) is 0 Å². The molecule has 2 heterocycles. The van der Waals surface area contributed by atoms with Crippen molar-refractivity contribution < 1.29 is 9.59 Å². The van der Waals surface area contributed by atoms with Crippen LogP contribution in [0.3, 0.4) is 0 Å². The molecule has 0 radical (unpaired) electrons. The lowest BCUT2D eigenvalue weighted by atomic mass is 10.1. The zero-order chi connectivity index (χ0) is 16.1. The number of nitrogens with one attached hydrogen (secondary N) is 1. The van der Waals surface area contributed by atoms with E-state index in [0.717, 1.165) is 12.2 Å². The highest BCUT2D eigenvalue weighted by atomic mass is 16.2. The van der Waals surface area contributed by atoms with Gasteiger partial charge < -0.3 is 15.1 Å². The quantitative estimate of drug-likeness (QED) is 0.830. The SMILES string of the molecule is CNC(=O)[C@@H]1CN(C)CCN(C(=O)CCn2nccc2C)C1. The van der Waals surface area contributed by atoms with Crippen molar-refractivity contribution in [1.29, 1.82) is 0 Å². The van der Waals surface area contributed by atoms with Crippen LogP contribution in [0.4, 0.5) is 0 Å². The second kappa shape index (κ2) is 7.40. The van der Waals surface area contributed by atoms with Gasteiger partial charge in [0, 0.05) is 58.1 Å². The van der Waals surface area contributed by atoms with Crippen molar-refractivity contribution in [3.05, 3.63) is 18.0 Å². The van der Waals surface area contributed by atoms with Crippen molar-refractivity contribution in [2.24, 2.45) is 5.92 Å². The number of carbonyl (C=O) groups is 2. The van der Waals surface area contributed by atoms with Crippen molar-refractivity contribution in [2.45, 2.75) is 19.9 Å². The molecule has 0 aromatic carbocycles. The molecule has 1 aromatic rings. The molecule has 0 bridgehead atoms. The minimum absolute atomic E-state index is 0.00512. The summed E-state index contributed by atoms with van der Waals surface area (Å²) < 4.78 is 1.83. The number of aromatic nitrogens is 2. The van der Waals surface area contributed by atoms with Crippen LogP contribution in [0.1, 0.15) is 12.1 Å². The van der Waals surface area contributed by atoms with Gasteiger partial charge in [0.2, 0.25) is 11.8 Å². The van der Waals surface area contributed by atoms with Gasteiger partial charge in [-0.2, -0.15) is 5.10 Å². The maximum absolute atomic E-state index is 12.5. The van der Waals surface area contributed by atoms with Crippen LogP contribution in [0.25, 0.3) is 0 Å². The molecule has 0 saturated carbocycles. The molecule has 1 aliphatic rings. The van der Waals surface area contributed by atoms with Gasteiger partial charge in [0.1, 0.15) is 0 Å². The van der Waals surface area contributed by atoms with Gasteiger partial charge in [0.25, 0.3) is 0 Å². The van der Waals surface area contributed by atoms with Gasteiger partial charge in [-0.15, -0.1) is 0 Å². The summed E-state index contributed by atoms with van der Waals surface area (Å²) >= 11 is 0. The number of hydrogen-bond donors (Lipinski definition) is 1. The first-order valence-electron chi connectivity index (χ1n) is 7.67. The largest absolute Gasteiger partial charge is 0.359 e. The van der Waals surface area contributed by atoms with E-state index in [1.807, 2.05) is 29.6 Å². The Hall–Kier alpha value is -1.89. The van der Waals surface area contributed by atoms with Gasteiger partial charge in [-0.3, -0.25) is 14.3 Å². The van der Waals surface area contributed by atoms with Crippen LogP contribution >= 0.6 is 0 Å². The third-order valence-electron chi connectivity index (χ3n) is 4.16. The van der Waals surface area contributed by atoms with E-state index in [-0.39, 0.29) is 17.7 Å². The topological polar surface area (TPSA) is 70.5 Å². The molecule has 122 valence electrons. The van der Waals surface area contributed by atoms with E-state index in [4.69, 9.17) is 0 Å². The van der Waals surface area contributed by atoms with E-state index in [0.29, 0.717) is 32.6 Å². The predicted octanol–water partition coefficient (Wildman–Crippen LogP) is -0.282. The van der Waals surface area contributed by atoms with E-state index in [9.17, 15) is 9.59 Å². The van der Waals surface area contributed by atoms with E-state index in [1.54, 1.807) is 13.2 Å². The van der Waals surface area contributed by atoms with Gasteiger partial charge in [-0.05, 0) is 20.0 Å². The van der Waals surface area contributed by atoms with E-state index in [2.05, 4.69) is 15.3 Å². The van der Waals surface area contributed by atoms with Crippen LogP contribution in [-0.4, -0.2) is 71.7 Å². The van der Waals surface area contributed by atoms with Gasteiger partial charge >= 0.3 is 0 Å². The number of aryl methyl sites for hydroxylation is 2. The summed E-state index contributed by atoms with van der Waals surface area (Å²) in [6, 6.07) is 1.92. The summed E-state index contributed by atoms with van der Waals surface area (Å²) in [6.07, 6.45) is 2.15. The van der Waals surface area contributed by atoms with Gasteiger partial charge in [0.15, 0.2) is 0 Å². The average molecular weight is 307 g/mol. The van der Waals surface area contributed by atoms with E-state index in [1.165, 1.54) is 0 Å². The minimum Gasteiger partial charge on any atom is -0.359 e.